The molecule has 2 bridgehead atoms. The number of fused-ring (bicyclic) bond motifs is 1. The number of likely N-dealkylation sites (tertiary alicyclic amines) is 1. The van der Waals surface area contributed by atoms with Crippen molar-refractivity contribution in [3.05, 3.63) is 48.6 Å². The van der Waals surface area contributed by atoms with E-state index in [0.29, 0.717) is 45.7 Å². The summed E-state index contributed by atoms with van der Waals surface area (Å²) in [5.41, 5.74) is 0.976. The van der Waals surface area contributed by atoms with E-state index in [2.05, 4.69) is 11.5 Å². The van der Waals surface area contributed by atoms with E-state index in [1.165, 1.54) is 0 Å². The molecule has 4 saturated heterocycles. The van der Waals surface area contributed by atoms with Crippen molar-refractivity contribution < 1.29 is 29.0 Å². The molecule has 1 aromatic rings. The summed E-state index contributed by atoms with van der Waals surface area (Å²) >= 11 is 1.63. The molecule has 10 heteroatoms. The highest BCUT2D eigenvalue weighted by atomic mass is 32.2. The Kier molecular flexibility index (Phi) is 9.19. The topological polar surface area (TPSA) is 99.6 Å². The molecule has 1 aromatic carbocycles. The minimum atomic E-state index is -0.773. The Labute approximate surface area is 240 Å². The average Bonchev–Trinajstić information content (AvgIpc) is 3.62. The van der Waals surface area contributed by atoms with E-state index in [0.717, 1.165) is 25.1 Å². The van der Waals surface area contributed by atoms with Crippen LogP contribution in [0.25, 0.3) is 0 Å². The Balaban J connectivity index is 1.49. The number of aliphatic hydroxyl groups excluding tert-OH is 1. The summed E-state index contributed by atoms with van der Waals surface area (Å²) in [4.78, 5) is 47.8. The van der Waals surface area contributed by atoms with E-state index in [-0.39, 0.29) is 36.2 Å². The van der Waals surface area contributed by atoms with Crippen LogP contribution in [-0.2, 0) is 30.3 Å². The van der Waals surface area contributed by atoms with Crippen molar-refractivity contribution in [2.24, 2.45) is 11.8 Å². The zero-order chi connectivity index (χ0) is 28.3. The molecule has 2 unspecified atom stereocenters. The lowest BCUT2D eigenvalue weighted by atomic mass is 9.71. The maximum atomic E-state index is 14.6. The molecular formula is C30H41N3O6S. The molecule has 4 aliphatic rings. The lowest BCUT2D eigenvalue weighted by molar-refractivity contribution is -0.154. The molecule has 0 aromatic heterocycles. The van der Waals surface area contributed by atoms with Crippen molar-refractivity contribution in [3.8, 4) is 0 Å². The molecular weight excluding hydrogens is 530 g/mol. The third-order valence-corrected chi connectivity index (χ3v) is 10.9. The monoisotopic (exact) mass is 571 g/mol. The van der Waals surface area contributed by atoms with Gasteiger partial charge in [0.1, 0.15) is 6.04 Å². The summed E-state index contributed by atoms with van der Waals surface area (Å²) in [7, 11) is 0. The van der Waals surface area contributed by atoms with Crippen LogP contribution in [0.3, 0.4) is 0 Å². The van der Waals surface area contributed by atoms with Crippen molar-refractivity contribution in [1.29, 1.82) is 0 Å². The highest BCUT2D eigenvalue weighted by molar-refractivity contribution is 8.02. The van der Waals surface area contributed by atoms with Crippen molar-refractivity contribution in [2.75, 3.05) is 59.2 Å². The number of nitrogens with zero attached hydrogens (tertiary/aromatic N) is 3. The van der Waals surface area contributed by atoms with Gasteiger partial charge in [-0.3, -0.25) is 19.3 Å². The van der Waals surface area contributed by atoms with E-state index >= 15 is 0 Å². The largest absolute Gasteiger partial charge is 0.466 e. The Morgan fingerprint density at radius 2 is 2.05 bits per heavy atom. The number of benzene rings is 1. The van der Waals surface area contributed by atoms with Crippen LogP contribution in [0.4, 0.5) is 0 Å². The number of rotatable bonds is 12. The maximum absolute atomic E-state index is 14.6. The fourth-order valence-electron chi connectivity index (χ4n) is 7.11. The van der Waals surface area contributed by atoms with Gasteiger partial charge in [0.25, 0.3) is 0 Å². The van der Waals surface area contributed by atoms with Crippen LogP contribution in [0.5, 0.6) is 0 Å². The number of morpholine rings is 1. The van der Waals surface area contributed by atoms with Crippen LogP contribution in [-0.4, -0.2) is 119 Å². The number of carbonyl (C=O) groups is 3. The van der Waals surface area contributed by atoms with E-state index in [9.17, 15) is 19.5 Å². The number of thioether (sulfide) groups is 1. The highest BCUT2D eigenvalue weighted by Crippen LogP contribution is 2.67. The van der Waals surface area contributed by atoms with E-state index in [1.807, 2.05) is 30.3 Å². The smallest absolute Gasteiger partial charge is 0.310 e. The number of esters is 1. The minimum absolute atomic E-state index is 0.0478. The zero-order valence-electron chi connectivity index (χ0n) is 23.3. The second kappa shape index (κ2) is 12.6. The highest BCUT2D eigenvalue weighted by Gasteiger charge is 2.74. The molecule has 1 N–H and O–H groups in total. The summed E-state index contributed by atoms with van der Waals surface area (Å²) < 4.78 is 10.2. The molecule has 0 radical (unpaired) electrons. The Morgan fingerprint density at radius 3 is 2.73 bits per heavy atom. The fourth-order valence-corrected chi connectivity index (χ4v) is 9.30. The van der Waals surface area contributed by atoms with Crippen LogP contribution in [0.15, 0.2) is 43.0 Å². The minimum Gasteiger partial charge on any atom is -0.466 e. The molecule has 0 aliphatic carbocycles. The lowest BCUT2D eigenvalue weighted by Crippen LogP contribution is -2.58. The Morgan fingerprint density at radius 1 is 1.30 bits per heavy atom. The van der Waals surface area contributed by atoms with Crippen molar-refractivity contribution in [3.63, 3.8) is 0 Å². The number of hydrogen-bond donors (Lipinski definition) is 1. The van der Waals surface area contributed by atoms with Gasteiger partial charge < -0.3 is 24.4 Å². The number of hydrogen-bond acceptors (Lipinski definition) is 8. The Hall–Kier alpha value is -2.40. The molecule has 40 heavy (non-hydrogen) atoms. The molecule has 0 saturated carbocycles. The molecule has 5 rings (SSSR count). The fraction of sp³-hybridized carbons (Fsp3) is 0.633. The van der Waals surface area contributed by atoms with Gasteiger partial charge in [0.2, 0.25) is 11.8 Å². The second-order valence-electron chi connectivity index (χ2n) is 11.1. The molecule has 4 fully saturated rings. The molecule has 9 nitrogen and oxygen atoms in total. The van der Waals surface area contributed by atoms with Gasteiger partial charge in [0.05, 0.1) is 49.1 Å². The van der Waals surface area contributed by atoms with Gasteiger partial charge in [0, 0.05) is 38.0 Å². The van der Waals surface area contributed by atoms with Gasteiger partial charge in [-0.05, 0) is 31.7 Å². The third-order valence-electron chi connectivity index (χ3n) is 8.90. The average molecular weight is 572 g/mol. The third kappa shape index (κ3) is 5.31. The van der Waals surface area contributed by atoms with Gasteiger partial charge >= 0.3 is 5.97 Å². The SMILES string of the molecule is C=CCN(CCN1CCOCC1)C(=O)C1N([C@@H](CO)Cc2ccccc2)C(=O)[C@@H]2[C@@H](C(=O)OCC)[C@H]3CCC12S3. The summed E-state index contributed by atoms with van der Waals surface area (Å²) in [6.07, 6.45) is 3.58. The summed E-state index contributed by atoms with van der Waals surface area (Å²) in [5.74, 6) is -1.92. The molecule has 4 heterocycles. The van der Waals surface area contributed by atoms with Crippen LogP contribution >= 0.6 is 11.8 Å². The van der Waals surface area contributed by atoms with E-state index in [1.54, 1.807) is 34.6 Å². The standard InChI is InChI=1S/C30H41N3O6S/c1-3-12-32(14-13-31-15-17-38-18-16-31)28(36)26-30-11-10-23(40-30)24(29(37)39-4-2)25(30)27(35)33(26)22(20-34)19-21-8-6-5-7-9-21/h3,5-9,22-26,34H,1,4,10-20H2,2H3/t22-,23-,24+,25+,26?,30?/m1/s1. The van der Waals surface area contributed by atoms with Gasteiger partial charge in [-0.2, -0.15) is 0 Å². The molecule has 6 atom stereocenters. The first-order chi connectivity index (χ1) is 19.4. The summed E-state index contributed by atoms with van der Waals surface area (Å²) in [5, 5.41) is 10.6. The van der Waals surface area contributed by atoms with Gasteiger partial charge in [-0.25, -0.2) is 0 Å². The predicted octanol–water partition coefficient (Wildman–Crippen LogP) is 1.59. The van der Waals surface area contributed by atoms with Crippen LogP contribution in [0.2, 0.25) is 0 Å². The van der Waals surface area contributed by atoms with Crippen molar-refractivity contribution >= 4 is 29.5 Å². The lowest BCUT2D eigenvalue weighted by Gasteiger charge is -2.40. The summed E-state index contributed by atoms with van der Waals surface area (Å²) in [6, 6.07) is 8.35. The number of amides is 2. The first-order valence-electron chi connectivity index (χ1n) is 14.5. The van der Waals surface area contributed by atoms with Crippen LogP contribution in [0.1, 0.15) is 25.3 Å². The van der Waals surface area contributed by atoms with Crippen LogP contribution < -0.4 is 0 Å². The van der Waals surface area contributed by atoms with Crippen LogP contribution in [0, 0.1) is 11.8 Å². The second-order valence-corrected chi connectivity index (χ2v) is 12.7. The first-order valence-corrected chi connectivity index (χ1v) is 15.3. The van der Waals surface area contributed by atoms with Crippen molar-refractivity contribution in [2.45, 2.75) is 48.3 Å². The maximum Gasteiger partial charge on any atom is 0.310 e. The predicted molar refractivity (Wildman–Crippen MR) is 153 cm³/mol. The Bertz CT molecular complexity index is 1080. The van der Waals surface area contributed by atoms with Gasteiger partial charge in [-0.1, -0.05) is 36.4 Å². The number of carbonyl (C=O) groups excluding carboxylic acids is 3. The molecule has 1 spiro atoms. The quantitative estimate of drug-likeness (QED) is 0.298. The number of aliphatic hydroxyl groups is 1. The normalized spacial score (nSPS) is 30.2. The zero-order valence-corrected chi connectivity index (χ0v) is 24.1. The number of ether oxygens (including phenoxy) is 2. The van der Waals surface area contributed by atoms with Gasteiger partial charge in [0.15, 0.2) is 0 Å². The molecule has 4 aliphatic heterocycles. The van der Waals surface area contributed by atoms with E-state index in [4.69, 9.17) is 9.47 Å². The molecule has 218 valence electrons. The van der Waals surface area contributed by atoms with Crippen molar-refractivity contribution in [1.82, 2.24) is 14.7 Å². The first kappa shape index (κ1) is 29.1. The molecule has 2 amide bonds. The summed E-state index contributed by atoms with van der Waals surface area (Å²) in [6.45, 7) is 10.2. The van der Waals surface area contributed by atoms with E-state index < -0.39 is 28.7 Å². The van der Waals surface area contributed by atoms with Gasteiger partial charge in [-0.15, -0.1) is 18.3 Å².